The van der Waals surface area contributed by atoms with Gasteiger partial charge in [-0.25, -0.2) is 0 Å². The molecule has 1 fully saturated rings. The number of hydrogen-bond acceptors (Lipinski definition) is 6. The summed E-state index contributed by atoms with van der Waals surface area (Å²) in [4.78, 5) is 0. The van der Waals surface area contributed by atoms with Crippen LogP contribution in [0.25, 0.3) is 0 Å². The van der Waals surface area contributed by atoms with Gasteiger partial charge in [0.25, 0.3) is 0 Å². The molecule has 106 valence electrons. The van der Waals surface area contributed by atoms with Crippen molar-refractivity contribution in [1.82, 2.24) is 0 Å². The quantitative estimate of drug-likeness (QED) is 0.560. The largest absolute Gasteiger partial charge is 0.497 e. The SMILES string of the molecule is COc1ccc([C@]2(CO)O[C@@H](CO)[C@@H](O)[C@@H]2O)cc1. The van der Waals surface area contributed by atoms with Crippen LogP contribution in [0.2, 0.25) is 0 Å². The van der Waals surface area contributed by atoms with E-state index in [9.17, 15) is 15.3 Å². The summed E-state index contributed by atoms with van der Waals surface area (Å²) >= 11 is 0. The van der Waals surface area contributed by atoms with Crippen molar-refractivity contribution in [2.75, 3.05) is 20.3 Å². The number of rotatable bonds is 4. The molecule has 1 aromatic carbocycles. The zero-order valence-electron chi connectivity index (χ0n) is 10.6. The van der Waals surface area contributed by atoms with E-state index in [1.54, 1.807) is 24.3 Å². The number of benzene rings is 1. The average Bonchev–Trinajstić information content (AvgIpc) is 2.72. The van der Waals surface area contributed by atoms with E-state index >= 15 is 0 Å². The molecule has 0 aromatic heterocycles. The summed E-state index contributed by atoms with van der Waals surface area (Å²) in [6.45, 7) is -0.940. The van der Waals surface area contributed by atoms with Crippen molar-refractivity contribution in [2.45, 2.75) is 23.9 Å². The van der Waals surface area contributed by atoms with Crippen LogP contribution in [0.15, 0.2) is 24.3 Å². The highest BCUT2D eigenvalue weighted by molar-refractivity contribution is 5.33. The van der Waals surface area contributed by atoms with E-state index in [1.807, 2.05) is 0 Å². The second-order valence-corrected chi connectivity index (χ2v) is 4.55. The van der Waals surface area contributed by atoms with Crippen LogP contribution in [0.5, 0.6) is 5.75 Å². The van der Waals surface area contributed by atoms with Gasteiger partial charge in [-0.3, -0.25) is 0 Å². The van der Waals surface area contributed by atoms with Crippen molar-refractivity contribution < 1.29 is 29.9 Å². The molecule has 1 aliphatic rings. The van der Waals surface area contributed by atoms with Crippen LogP contribution in [0.4, 0.5) is 0 Å². The van der Waals surface area contributed by atoms with Crippen LogP contribution in [0.1, 0.15) is 5.56 Å². The van der Waals surface area contributed by atoms with Gasteiger partial charge in [0.1, 0.15) is 29.7 Å². The monoisotopic (exact) mass is 270 g/mol. The molecule has 0 saturated carbocycles. The molecule has 0 spiro atoms. The van der Waals surface area contributed by atoms with Crippen molar-refractivity contribution in [1.29, 1.82) is 0 Å². The van der Waals surface area contributed by atoms with Gasteiger partial charge in [0.05, 0.1) is 20.3 Å². The molecule has 1 aromatic rings. The van der Waals surface area contributed by atoms with E-state index in [-0.39, 0.29) is 0 Å². The summed E-state index contributed by atoms with van der Waals surface area (Å²) in [5.41, 5.74) is -0.919. The maximum Gasteiger partial charge on any atom is 0.145 e. The topological polar surface area (TPSA) is 99.4 Å². The molecule has 2 rings (SSSR count). The van der Waals surface area contributed by atoms with Crippen LogP contribution in [-0.2, 0) is 10.3 Å². The van der Waals surface area contributed by atoms with E-state index in [0.29, 0.717) is 11.3 Å². The minimum atomic E-state index is -1.43. The standard InChI is InChI=1S/C13H18O6/c1-18-9-4-2-8(3-5-9)13(7-15)12(17)11(16)10(6-14)19-13/h2-5,10-12,14-17H,6-7H2,1H3/t10-,11+,12-,13-/m0/s1. The van der Waals surface area contributed by atoms with Crippen molar-refractivity contribution in [3.05, 3.63) is 29.8 Å². The Hall–Kier alpha value is -1.18. The third kappa shape index (κ3) is 2.22. The zero-order valence-corrected chi connectivity index (χ0v) is 10.6. The fourth-order valence-corrected chi connectivity index (χ4v) is 2.37. The van der Waals surface area contributed by atoms with Crippen LogP contribution in [0.3, 0.4) is 0 Å². The minimum Gasteiger partial charge on any atom is -0.497 e. The Labute approximate surface area is 110 Å². The minimum absolute atomic E-state index is 0.434. The first-order valence-corrected chi connectivity index (χ1v) is 5.99. The summed E-state index contributed by atoms with van der Waals surface area (Å²) in [5, 5.41) is 38.6. The smallest absolute Gasteiger partial charge is 0.145 e. The normalized spacial score (nSPS) is 34.5. The lowest BCUT2D eigenvalue weighted by Gasteiger charge is -2.30. The van der Waals surface area contributed by atoms with E-state index in [4.69, 9.17) is 14.6 Å². The van der Waals surface area contributed by atoms with Crippen molar-refractivity contribution in [2.24, 2.45) is 0 Å². The summed E-state index contributed by atoms with van der Waals surface area (Å²) < 4.78 is 10.5. The second kappa shape index (κ2) is 5.44. The van der Waals surface area contributed by atoms with Crippen LogP contribution < -0.4 is 4.74 Å². The highest BCUT2D eigenvalue weighted by Crippen LogP contribution is 2.40. The number of aliphatic hydroxyl groups is 4. The lowest BCUT2D eigenvalue weighted by Crippen LogP contribution is -2.43. The Morgan fingerprint density at radius 3 is 2.26 bits per heavy atom. The van der Waals surface area contributed by atoms with E-state index in [2.05, 4.69) is 0 Å². The average molecular weight is 270 g/mol. The Morgan fingerprint density at radius 1 is 1.21 bits per heavy atom. The van der Waals surface area contributed by atoms with Crippen molar-refractivity contribution in [3.8, 4) is 5.75 Å². The lowest BCUT2D eigenvalue weighted by molar-refractivity contribution is -0.124. The van der Waals surface area contributed by atoms with E-state index < -0.39 is 37.1 Å². The van der Waals surface area contributed by atoms with Gasteiger partial charge in [-0.15, -0.1) is 0 Å². The molecule has 4 N–H and O–H groups in total. The third-order valence-corrected chi connectivity index (χ3v) is 3.54. The molecule has 1 saturated heterocycles. The Balaban J connectivity index is 2.36. The number of ether oxygens (including phenoxy) is 2. The predicted molar refractivity (Wildman–Crippen MR) is 65.7 cm³/mol. The molecule has 0 aliphatic carbocycles. The van der Waals surface area contributed by atoms with Crippen LogP contribution >= 0.6 is 0 Å². The van der Waals surface area contributed by atoms with E-state index in [0.717, 1.165) is 0 Å². The molecule has 1 aliphatic heterocycles. The highest BCUT2D eigenvalue weighted by Gasteiger charge is 2.54. The highest BCUT2D eigenvalue weighted by atomic mass is 16.6. The molecular formula is C13H18O6. The van der Waals surface area contributed by atoms with Gasteiger partial charge in [0.15, 0.2) is 0 Å². The molecular weight excluding hydrogens is 252 g/mol. The molecule has 19 heavy (non-hydrogen) atoms. The first-order valence-electron chi connectivity index (χ1n) is 5.99. The second-order valence-electron chi connectivity index (χ2n) is 4.55. The Morgan fingerprint density at radius 2 is 1.84 bits per heavy atom. The summed E-state index contributed by atoms with van der Waals surface area (Å²) in [7, 11) is 1.53. The van der Waals surface area contributed by atoms with Gasteiger partial charge in [-0.05, 0) is 17.7 Å². The number of aliphatic hydroxyl groups excluding tert-OH is 4. The van der Waals surface area contributed by atoms with Crippen molar-refractivity contribution >= 4 is 0 Å². The van der Waals surface area contributed by atoms with Gasteiger partial charge in [-0.2, -0.15) is 0 Å². The molecule has 1 heterocycles. The Kier molecular flexibility index (Phi) is 4.07. The molecule has 0 amide bonds. The van der Waals surface area contributed by atoms with Gasteiger partial charge >= 0.3 is 0 Å². The van der Waals surface area contributed by atoms with Crippen LogP contribution in [0, 0.1) is 0 Å². The summed E-state index contributed by atoms with van der Waals surface area (Å²) in [5.74, 6) is 0.628. The molecule has 6 nitrogen and oxygen atoms in total. The molecule has 4 atom stereocenters. The fraction of sp³-hybridized carbons (Fsp3) is 0.538. The van der Waals surface area contributed by atoms with Crippen LogP contribution in [-0.4, -0.2) is 59.1 Å². The zero-order chi connectivity index (χ0) is 14.0. The van der Waals surface area contributed by atoms with Gasteiger partial charge in [0.2, 0.25) is 0 Å². The maximum atomic E-state index is 10.1. The first kappa shape index (κ1) is 14.2. The number of hydrogen-bond donors (Lipinski definition) is 4. The Bertz CT molecular complexity index is 420. The fourth-order valence-electron chi connectivity index (χ4n) is 2.37. The molecule has 0 unspecified atom stereocenters. The summed E-state index contributed by atoms with van der Waals surface area (Å²) in [6, 6.07) is 6.62. The van der Waals surface area contributed by atoms with Gasteiger partial charge < -0.3 is 29.9 Å². The maximum absolute atomic E-state index is 10.1. The summed E-state index contributed by atoms with van der Waals surface area (Å²) in [6.07, 6.45) is -3.49. The third-order valence-electron chi connectivity index (χ3n) is 3.54. The van der Waals surface area contributed by atoms with Crippen molar-refractivity contribution in [3.63, 3.8) is 0 Å². The van der Waals surface area contributed by atoms with Gasteiger partial charge in [-0.1, -0.05) is 12.1 Å². The number of methoxy groups -OCH3 is 1. The lowest BCUT2D eigenvalue weighted by atomic mass is 9.87. The first-order chi connectivity index (χ1) is 9.08. The van der Waals surface area contributed by atoms with Gasteiger partial charge in [0, 0.05) is 0 Å². The molecule has 6 heteroatoms. The predicted octanol–water partition coefficient (Wildman–Crippen LogP) is -1.00. The molecule has 0 bridgehead atoms. The van der Waals surface area contributed by atoms with E-state index in [1.165, 1.54) is 7.11 Å². The molecule has 0 radical (unpaired) electrons.